The van der Waals surface area contributed by atoms with Crippen LogP contribution in [0.2, 0.25) is 5.02 Å². The number of hydrogen-bond acceptors (Lipinski definition) is 5. The topological polar surface area (TPSA) is 69.6 Å². The summed E-state index contributed by atoms with van der Waals surface area (Å²) in [5.74, 6) is -1.07. The Morgan fingerprint density at radius 1 is 1.29 bits per heavy atom. The summed E-state index contributed by atoms with van der Waals surface area (Å²) >= 11 is 12.2. The lowest BCUT2D eigenvalue weighted by Crippen LogP contribution is -2.31. The summed E-state index contributed by atoms with van der Waals surface area (Å²) in [6, 6.07) is 9.91. The van der Waals surface area contributed by atoms with Crippen LogP contribution in [0.1, 0.15) is 12.0 Å². The van der Waals surface area contributed by atoms with Crippen LogP contribution in [-0.4, -0.2) is 32.7 Å². The Hall–Kier alpha value is -2.42. The molecule has 0 radical (unpaired) electrons. The Morgan fingerprint density at radius 3 is 2.71 bits per heavy atom. The van der Waals surface area contributed by atoms with E-state index in [1.54, 1.807) is 12.1 Å². The number of carbonyl (C=O) groups excluding carboxylic acids is 2. The normalized spacial score (nSPS) is 15.4. The molecule has 5 nitrogen and oxygen atoms in total. The standard InChI is InChI=1S/C19H14ClFN2O3S2/c20-12-1-6-15(24)11(9-12)10-16-18(26)23(19(27)28-16)8-7-17(25)22-14-4-2-13(21)3-5-14/h1-6,9-10,24H,7-8H2,(H,22,25)/b16-10-. The fourth-order valence-corrected chi connectivity index (χ4v) is 3.93. The van der Waals surface area contributed by atoms with Crippen molar-refractivity contribution in [2.24, 2.45) is 0 Å². The molecule has 0 bridgehead atoms. The number of nitrogens with one attached hydrogen (secondary N) is 1. The second kappa shape index (κ2) is 8.72. The molecule has 1 saturated heterocycles. The van der Waals surface area contributed by atoms with E-state index in [-0.39, 0.29) is 30.5 Å². The van der Waals surface area contributed by atoms with Crippen molar-refractivity contribution in [2.75, 3.05) is 11.9 Å². The first-order valence-corrected chi connectivity index (χ1v) is 9.73. The zero-order valence-electron chi connectivity index (χ0n) is 14.3. The highest BCUT2D eigenvalue weighted by molar-refractivity contribution is 8.26. The van der Waals surface area contributed by atoms with Crippen LogP contribution in [0, 0.1) is 5.82 Å². The third kappa shape index (κ3) is 4.89. The molecule has 1 fully saturated rings. The summed E-state index contributed by atoms with van der Waals surface area (Å²) in [6.07, 6.45) is 1.54. The van der Waals surface area contributed by atoms with Gasteiger partial charge in [0.2, 0.25) is 5.91 Å². The molecule has 2 N–H and O–H groups in total. The van der Waals surface area contributed by atoms with Crippen LogP contribution >= 0.6 is 35.6 Å². The van der Waals surface area contributed by atoms with Gasteiger partial charge in [-0.2, -0.15) is 0 Å². The van der Waals surface area contributed by atoms with Crippen LogP contribution in [-0.2, 0) is 9.59 Å². The Labute approximate surface area is 175 Å². The van der Waals surface area contributed by atoms with Crippen molar-refractivity contribution in [3.05, 3.63) is 63.8 Å². The molecule has 0 spiro atoms. The number of thioether (sulfide) groups is 1. The first kappa shape index (κ1) is 20.3. The van der Waals surface area contributed by atoms with Crippen LogP contribution in [0.5, 0.6) is 5.75 Å². The van der Waals surface area contributed by atoms with Gasteiger partial charge in [0.1, 0.15) is 15.9 Å². The number of phenolic OH excluding ortho intramolecular Hbond substituents is 1. The van der Waals surface area contributed by atoms with E-state index in [1.165, 1.54) is 41.3 Å². The van der Waals surface area contributed by atoms with Crippen LogP contribution in [0.4, 0.5) is 10.1 Å². The predicted octanol–water partition coefficient (Wildman–Crippen LogP) is 4.41. The first-order valence-electron chi connectivity index (χ1n) is 8.13. The average molecular weight is 437 g/mol. The number of nitrogens with zero attached hydrogens (tertiary/aromatic N) is 1. The molecular formula is C19H14ClFN2O3S2. The minimum absolute atomic E-state index is 0.00616. The third-order valence-corrected chi connectivity index (χ3v) is 5.45. The molecule has 1 heterocycles. The van der Waals surface area contributed by atoms with Gasteiger partial charge < -0.3 is 10.4 Å². The minimum atomic E-state index is -0.395. The third-order valence-electron chi connectivity index (χ3n) is 3.84. The zero-order valence-corrected chi connectivity index (χ0v) is 16.7. The molecule has 0 saturated carbocycles. The van der Waals surface area contributed by atoms with Crippen LogP contribution in [0.3, 0.4) is 0 Å². The van der Waals surface area contributed by atoms with Gasteiger partial charge in [0.15, 0.2) is 0 Å². The van der Waals surface area contributed by atoms with E-state index in [4.69, 9.17) is 23.8 Å². The minimum Gasteiger partial charge on any atom is -0.507 e. The largest absolute Gasteiger partial charge is 0.507 e. The lowest BCUT2D eigenvalue weighted by molar-refractivity contribution is -0.122. The van der Waals surface area contributed by atoms with E-state index in [1.807, 2.05) is 0 Å². The molecule has 2 aromatic rings. The fraction of sp³-hybridized carbons (Fsp3) is 0.105. The lowest BCUT2D eigenvalue weighted by Gasteiger charge is -2.14. The molecule has 9 heteroatoms. The van der Waals surface area contributed by atoms with Gasteiger partial charge in [-0.1, -0.05) is 35.6 Å². The number of aromatic hydroxyl groups is 1. The van der Waals surface area contributed by atoms with Gasteiger partial charge in [0.25, 0.3) is 5.91 Å². The summed E-state index contributed by atoms with van der Waals surface area (Å²) in [6.45, 7) is 0.108. The molecule has 0 aromatic heterocycles. The number of thiocarbonyl (C=S) groups is 1. The van der Waals surface area contributed by atoms with Crippen molar-refractivity contribution < 1.29 is 19.1 Å². The average Bonchev–Trinajstić information content (AvgIpc) is 2.91. The molecule has 3 rings (SSSR count). The number of anilines is 1. The summed E-state index contributed by atoms with van der Waals surface area (Å²) in [4.78, 5) is 26.3. The Balaban J connectivity index is 1.63. The summed E-state index contributed by atoms with van der Waals surface area (Å²) in [7, 11) is 0. The van der Waals surface area contributed by atoms with Crippen LogP contribution < -0.4 is 5.32 Å². The first-order chi connectivity index (χ1) is 13.3. The number of carbonyl (C=O) groups is 2. The van der Waals surface area contributed by atoms with Gasteiger partial charge >= 0.3 is 0 Å². The maximum atomic E-state index is 12.9. The van der Waals surface area contributed by atoms with Gasteiger partial charge in [-0.15, -0.1) is 0 Å². The van der Waals surface area contributed by atoms with Gasteiger partial charge in [-0.05, 0) is 48.5 Å². The van der Waals surface area contributed by atoms with Crippen molar-refractivity contribution >= 4 is 63.5 Å². The number of hydrogen-bond donors (Lipinski definition) is 2. The SMILES string of the molecule is O=C(CCN1C(=O)/C(=C/c2cc(Cl)ccc2O)SC1=S)Nc1ccc(F)cc1. The molecule has 1 aliphatic heterocycles. The second-order valence-electron chi connectivity index (χ2n) is 5.84. The van der Waals surface area contributed by atoms with E-state index in [9.17, 15) is 19.1 Å². The molecular weight excluding hydrogens is 423 g/mol. The molecule has 1 aliphatic rings. The van der Waals surface area contributed by atoms with Crippen LogP contribution in [0.15, 0.2) is 47.4 Å². The molecule has 144 valence electrons. The number of amides is 2. The maximum absolute atomic E-state index is 12.9. The van der Waals surface area contributed by atoms with Gasteiger partial charge in [0, 0.05) is 29.2 Å². The summed E-state index contributed by atoms with van der Waals surface area (Å²) < 4.78 is 13.2. The lowest BCUT2D eigenvalue weighted by atomic mass is 10.2. The van der Waals surface area contributed by atoms with Crippen molar-refractivity contribution in [3.63, 3.8) is 0 Å². The number of benzene rings is 2. The van der Waals surface area contributed by atoms with Crippen molar-refractivity contribution in [1.82, 2.24) is 4.90 Å². The molecule has 0 aliphatic carbocycles. The number of phenols is 1. The highest BCUT2D eigenvalue weighted by Crippen LogP contribution is 2.34. The quantitative estimate of drug-likeness (QED) is 0.536. The van der Waals surface area contributed by atoms with E-state index in [0.29, 0.717) is 25.5 Å². The highest BCUT2D eigenvalue weighted by Gasteiger charge is 2.32. The van der Waals surface area contributed by atoms with Crippen molar-refractivity contribution in [3.8, 4) is 5.75 Å². The molecule has 2 aromatic carbocycles. The molecule has 2 amide bonds. The summed E-state index contributed by atoms with van der Waals surface area (Å²) in [5.41, 5.74) is 0.871. The molecule has 0 unspecified atom stereocenters. The van der Waals surface area contributed by atoms with Gasteiger partial charge in [-0.25, -0.2) is 4.39 Å². The number of halogens is 2. The Kier molecular flexibility index (Phi) is 6.33. The smallest absolute Gasteiger partial charge is 0.266 e. The fourth-order valence-electron chi connectivity index (χ4n) is 2.45. The van der Waals surface area contributed by atoms with E-state index in [2.05, 4.69) is 5.32 Å². The van der Waals surface area contributed by atoms with Crippen LogP contribution in [0.25, 0.3) is 6.08 Å². The maximum Gasteiger partial charge on any atom is 0.266 e. The number of rotatable bonds is 5. The Morgan fingerprint density at radius 2 is 2.00 bits per heavy atom. The van der Waals surface area contributed by atoms with E-state index < -0.39 is 5.82 Å². The Bertz CT molecular complexity index is 980. The van der Waals surface area contributed by atoms with Crippen molar-refractivity contribution in [1.29, 1.82) is 0 Å². The monoisotopic (exact) mass is 436 g/mol. The van der Waals surface area contributed by atoms with E-state index >= 15 is 0 Å². The zero-order chi connectivity index (χ0) is 20.3. The van der Waals surface area contributed by atoms with Crippen molar-refractivity contribution in [2.45, 2.75) is 6.42 Å². The summed E-state index contributed by atoms with van der Waals surface area (Å²) in [5, 5.41) is 13.0. The highest BCUT2D eigenvalue weighted by atomic mass is 35.5. The molecule has 0 atom stereocenters. The van der Waals surface area contributed by atoms with E-state index in [0.717, 1.165) is 11.8 Å². The van der Waals surface area contributed by atoms with Gasteiger partial charge in [-0.3, -0.25) is 14.5 Å². The predicted molar refractivity (Wildman–Crippen MR) is 113 cm³/mol. The second-order valence-corrected chi connectivity index (χ2v) is 7.95. The van der Waals surface area contributed by atoms with Gasteiger partial charge in [0.05, 0.1) is 4.91 Å². The molecule has 28 heavy (non-hydrogen) atoms.